The minimum atomic E-state index is -1.21. The number of Topliss-reactive ketones (excluding diaryl/α,β-unsaturated/α-hetero) is 1. The van der Waals surface area contributed by atoms with E-state index in [1.165, 1.54) is 20.8 Å². The number of aliphatic carboxylic acids is 1. The van der Waals surface area contributed by atoms with Crippen LogP contribution in [0.2, 0.25) is 0 Å². The van der Waals surface area contributed by atoms with Crippen molar-refractivity contribution in [2.24, 2.45) is 5.41 Å². The summed E-state index contributed by atoms with van der Waals surface area (Å²) in [5.41, 5.74) is 0.670. The maximum absolute atomic E-state index is 11.7. The fourth-order valence-electron chi connectivity index (χ4n) is 3.34. The van der Waals surface area contributed by atoms with Crippen LogP contribution in [0.15, 0.2) is 41.3 Å². The molecule has 1 atom stereocenters. The summed E-state index contributed by atoms with van der Waals surface area (Å²) in [4.78, 5) is 24.1. The lowest BCUT2D eigenvalue weighted by atomic mass is 9.83. The number of rotatable bonds is 13. The van der Waals surface area contributed by atoms with Crippen molar-refractivity contribution in [3.63, 3.8) is 0 Å². The first-order valence-electron chi connectivity index (χ1n) is 11.2. The zero-order valence-electron chi connectivity index (χ0n) is 19.8. The van der Waals surface area contributed by atoms with Crippen molar-refractivity contribution in [3.05, 3.63) is 53.1 Å². The highest BCUT2D eigenvalue weighted by Crippen LogP contribution is 2.33. The number of ether oxygens (including phenoxy) is 1. The summed E-state index contributed by atoms with van der Waals surface area (Å²) in [5, 5.41) is 30.1. The van der Waals surface area contributed by atoms with E-state index in [4.69, 9.17) is 4.74 Å². The third-order valence-electron chi connectivity index (χ3n) is 5.65. The maximum Gasteiger partial charge on any atom is 0.311 e. The first-order chi connectivity index (χ1) is 15.6. The molecule has 2 aromatic carbocycles. The number of carbonyl (C=O) groups excluding carboxylic acids is 1. The highest BCUT2D eigenvalue weighted by Gasteiger charge is 2.35. The van der Waals surface area contributed by atoms with E-state index in [1.54, 1.807) is 23.9 Å². The Balaban J connectivity index is 1.90. The van der Waals surface area contributed by atoms with E-state index >= 15 is 0 Å². The van der Waals surface area contributed by atoms with Crippen LogP contribution in [0.3, 0.4) is 0 Å². The summed E-state index contributed by atoms with van der Waals surface area (Å²) >= 11 is 1.66. The SMILES string of the molecule is CCCc1c(OCCCSc2cccc(CC(O)C(C)(C)C(=O)O)c2)ccc(C(C)=O)c1O. The zero-order valence-corrected chi connectivity index (χ0v) is 20.6. The van der Waals surface area contributed by atoms with Crippen molar-refractivity contribution in [1.29, 1.82) is 0 Å². The molecule has 0 saturated heterocycles. The molecule has 2 aromatic rings. The first-order valence-corrected chi connectivity index (χ1v) is 12.2. The summed E-state index contributed by atoms with van der Waals surface area (Å²) in [6, 6.07) is 11.1. The van der Waals surface area contributed by atoms with Gasteiger partial charge in [0.25, 0.3) is 0 Å². The number of phenolic OH excluding ortho intramolecular Hbond substituents is 1. The number of aliphatic hydroxyl groups excluding tert-OH is 1. The minimum absolute atomic E-state index is 0.0151. The Labute approximate surface area is 200 Å². The number of hydrogen-bond acceptors (Lipinski definition) is 6. The molecule has 7 heteroatoms. The van der Waals surface area contributed by atoms with Crippen LogP contribution in [0.4, 0.5) is 0 Å². The molecule has 33 heavy (non-hydrogen) atoms. The molecular weight excluding hydrogens is 440 g/mol. The van der Waals surface area contributed by atoms with Crippen LogP contribution in [0.1, 0.15) is 62.0 Å². The molecule has 3 N–H and O–H groups in total. The van der Waals surface area contributed by atoms with Crippen LogP contribution in [0, 0.1) is 5.41 Å². The lowest BCUT2D eigenvalue weighted by Crippen LogP contribution is -2.38. The Morgan fingerprint density at radius 2 is 1.91 bits per heavy atom. The maximum atomic E-state index is 11.7. The molecule has 180 valence electrons. The number of carboxylic acid groups (broad SMARTS) is 1. The summed E-state index contributed by atoms with van der Waals surface area (Å²) in [5.74, 6) is 0.247. The molecule has 0 saturated carbocycles. The van der Waals surface area contributed by atoms with E-state index in [1.807, 2.05) is 31.2 Å². The lowest BCUT2D eigenvalue weighted by molar-refractivity contribution is -0.153. The van der Waals surface area contributed by atoms with E-state index in [2.05, 4.69) is 0 Å². The van der Waals surface area contributed by atoms with E-state index in [9.17, 15) is 24.9 Å². The first kappa shape index (κ1) is 26.7. The summed E-state index contributed by atoms with van der Waals surface area (Å²) in [6.07, 6.45) is 1.54. The quantitative estimate of drug-likeness (QED) is 0.210. The van der Waals surface area contributed by atoms with Gasteiger partial charge in [-0.05, 0) is 69.9 Å². The molecule has 0 fully saturated rings. The Morgan fingerprint density at radius 1 is 1.18 bits per heavy atom. The molecule has 0 spiro atoms. The average Bonchev–Trinajstić information content (AvgIpc) is 2.75. The molecule has 0 amide bonds. The predicted octanol–water partition coefficient (Wildman–Crippen LogP) is 5.12. The number of thioether (sulfide) groups is 1. The van der Waals surface area contributed by atoms with E-state index in [0.717, 1.165) is 29.1 Å². The van der Waals surface area contributed by atoms with Crippen LogP contribution in [-0.2, 0) is 17.6 Å². The van der Waals surface area contributed by atoms with E-state index < -0.39 is 17.5 Å². The van der Waals surface area contributed by atoms with Gasteiger partial charge in [0.15, 0.2) is 5.78 Å². The highest BCUT2D eigenvalue weighted by molar-refractivity contribution is 7.99. The Hall–Kier alpha value is -2.51. The average molecular weight is 475 g/mol. The Kier molecular flexibility index (Phi) is 9.80. The molecule has 0 aliphatic rings. The second-order valence-corrected chi connectivity index (χ2v) is 9.86. The van der Waals surface area contributed by atoms with Crippen LogP contribution in [0.5, 0.6) is 11.5 Å². The van der Waals surface area contributed by atoms with Gasteiger partial charge in [-0.25, -0.2) is 0 Å². The van der Waals surface area contributed by atoms with E-state index in [0.29, 0.717) is 29.9 Å². The number of carbonyl (C=O) groups is 2. The van der Waals surface area contributed by atoms with Crippen molar-refractivity contribution in [3.8, 4) is 11.5 Å². The molecule has 0 aliphatic carbocycles. The Bertz CT molecular complexity index is 969. The molecule has 0 bridgehead atoms. The summed E-state index contributed by atoms with van der Waals surface area (Å²) in [6.45, 7) is 6.98. The smallest absolute Gasteiger partial charge is 0.311 e. The summed E-state index contributed by atoms with van der Waals surface area (Å²) in [7, 11) is 0. The molecule has 0 heterocycles. The largest absolute Gasteiger partial charge is 0.507 e. The highest BCUT2D eigenvalue weighted by atomic mass is 32.2. The van der Waals surface area contributed by atoms with Crippen LogP contribution in [-0.4, -0.2) is 45.5 Å². The molecular formula is C26H34O6S. The molecule has 2 rings (SSSR count). The fourth-order valence-corrected chi connectivity index (χ4v) is 4.25. The van der Waals surface area contributed by atoms with Crippen molar-refractivity contribution >= 4 is 23.5 Å². The van der Waals surface area contributed by atoms with Crippen molar-refractivity contribution in [2.75, 3.05) is 12.4 Å². The van der Waals surface area contributed by atoms with Crippen molar-refractivity contribution in [2.45, 2.75) is 64.4 Å². The number of phenols is 1. The molecule has 0 aromatic heterocycles. The van der Waals surface area contributed by atoms with Gasteiger partial charge in [0, 0.05) is 16.2 Å². The second kappa shape index (κ2) is 12.1. The monoisotopic (exact) mass is 474 g/mol. The Morgan fingerprint density at radius 3 is 2.55 bits per heavy atom. The third-order valence-corrected chi connectivity index (χ3v) is 6.73. The predicted molar refractivity (Wildman–Crippen MR) is 131 cm³/mol. The van der Waals surface area contributed by atoms with Crippen LogP contribution < -0.4 is 4.74 Å². The van der Waals surface area contributed by atoms with Crippen molar-refractivity contribution in [1.82, 2.24) is 0 Å². The summed E-state index contributed by atoms with van der Waals surface area (Å²) < 4.78 is 5.91. The van der Waals surface area contributed by atoms with Gasteiger partial charge in [0.1, 0.15) is 11.5 Å². The molecule has 1 unspecified atom stereocenters. The standard InChI is InChI=1S/C26H34O6S/c1-5-8-21-22(12-11-20(17(2)27)24(21)29)32-13-7-14-33-19-10-6-9-18(15-19)16-23(28)26(3,4)25(30)31/h6,9-12,15,23,28-29H,5,7-8,13-14,16H2,1-4H3,(H,30,31). The van der Waals surface area contributed by atoms with Gasteiger partial charge < -0.3 is 20.1 Å². The minimum Gasteiger partial charge on any atom is -0.507 e. The van der Waals surface area contributed by atoms with Crippen LogP contribution >= 0.6 is 11.8 Å². The molecule has 0 radical (unpaired) electrons. The van der Waals surface area contributed by atoms with Crippen molar-refractivity contribution < 1.29 is 29.6 Å². The molecule has 0 aliphatic heterocycles. The third kappa shape index (κ3) is 7.24. The van der Waals surface area contributed by atoms with E-state index in [-0.39, 0.29) is 18.0 Å². The fraction of sp³-hybridized carbons (Fsp3) is 0.462. The molecule has 6 nitrogen and oxygen atoms in total. The van der Waals surface area contributed by atoms with Crippen LogP contribution in [0.25, 0.3) is 0 Å². The van der Waals surface area contributed by atoms with Gasteiger partial charge >= 0.3 is 5.97 Å². The number of hydrogen-bond donors (Lipinski definition) is 3. The van der Waals surface area contributed by atoms with Gasteiger partial charge in [0.2, 0.25) is 0 Å². The number of aromatic hydroxyl groups is 1. The lowest BCUT2D eigenvalue weighted by Gasteiger charge is -2.26. The van der Waals surface area contributed by atoms with Gasteiger partial charge in [-0.1, -0.05) is 25.5 Å². The zero-order chi connectivity index (χ0) is 24.6. The van der Waals surface area contributed by atoms with Gasteiger partial charge in [-0.3, -0.25) is 9.59 Å². The second-order valence-electron chi connectivity index (χ2n) is 8.69. The normalized spacial score (nSPS) is 12.4. The number of benzene rings is 2. The number of carboxylic acids is 1. The number of ketones is 1. The van der Waals surface area contributed by atoms with Gasteiger partial charge in [-0.15, -0.1) is 11.8 Å². The van der Waals surface area contributed by atoms with Gasteiger partial charge in [0.05, 0.1) is 23.7 Å². The van der Waals surface area contributed by atoms with Gasteiger partial charge in [-0.2, -0.15) is 0 Å². The topological polar surface area (TPSA) is 104 Å². The number of aliphatic hydroxyl groups is 1.